The number of ether oxygens (including phenoxy) is 1. The van der Waals surface area contributed by atoms with Crippen LogP contribution in [0.5, 0.6) is 0 Å². The summed E-state index contributed by atoms with van der Waals surface area (Å²) in [5.74, 6) is -0.697. The zero-order valence-corrected chi connectivity index (χ0v) is 17.5. The van der Waals surface area contributed by atoms with Gasteiger partial charge in [-0.3, -0.25) is 19.6 Å². The number of benzene rings is 2. The second-order valence-electron chi connectivity index (χ2n) is 7.24. The summed E-state index contributed by atoms with van der Waals surface area (Å²) in [6.07, 6.45) is 1.49. The minimum atomic E-state index is -0.397. The number of thiazole rings is 1. The van der Waals surface area contributed by atoms with E-state index in [1.165, 1.54) is 23.6 Å². The van der Waals surface area contributed by atoms with Gasteiger partial charge in [0.2, 0.25) is 0 Å². The van der Waals surface area contributed by atoms with Crippen LogP contribution in [-0.2, 0) is 4.74 Å². The number of rotatable bonds is 5. The lowest BCUT2D eigenvalue weighted by Crippen LogP contribution is -2.43. The van der Waals surface area contributed by atoms with Gasteiger partial charge in [-0.25, -0.2) is 14.4 Å². The number of morpholine rings is 1. The van der Waals surface area contributed by atoms with Gasteiger partial charge in [-0.05, 0) is 24.3 Å². The number of fused-ring (bicyclic) bond motifs is 2. The predicted octanol–water partition coefficient (Wildman–Crippen LogP) is 3.36. The van der Waals surface area contributed by atoms with Gasteiger partial charge in [0.15, 0.2) is 5.13 Å². The molecule has 0 bridgehead atoms. The summed E-state index contributed by atoms with van der Waals surface area (Å²) in [7, 11) is 0. The quantitative estimate of drug-likeness (QED) is 0.477. The van der Waals surface area contributed by atoms with E-state index in [9.17, 15) is 9.18 Å². The zero-order valence-electron chi connectivity index (χ0n) is 16.7. The van der Waals surface area contributed by atoms with Crippen molar-refractivity contribution in [1.29, 1.82) is 0 Å². The Kier molecular flexibility index (Phi) is 5.54. The molecule has 0 aliphatic carbocycles. The van der Waals surface area contributed by atoms with Gasteiger partial charge in [-0.2, -0.15) is 0 Å². The Morgan fingerprint density at radius 1 is 1.10 bits per heavy atom. The highest BCUT2D eigenvalue weighted by molar-refractivity contribution is 7.22. The number of nitrogens with zero attached hydrogens (tertiary/aromatic N) is 5. The van der Waals surface area contributed by atoms with Crippen molar-refractivity contribution >= 4 is 43.6 Å². The minimum absolute atomic E-state index is 0.236. The highest BCUT2D eigenvalue weighted by Crippen LogP contribution is 2.31. The van der Waals surface area contributed by atoms with E-state index in [-0.39, 0.29) is 17.1 Å². The number of hydrogen-bond donors (Lipinski definition) is 0. The number of carbonyl (C=O) groups is 1. The van der Waals surface area contributed by atoms with E-state index in [0.29, 0.717) is 41.7 Å². The number of para-hydroxylation sites is 3. The van der Waals surface area contributed by atoms with Gasteiger partial charge in [-0.1, -0.05) is 29.5 Å². The van der Waals surface area contributed by atoms with E-state index in [1.807, 2.05) is 24.3 Å². The smallest absolute Gasteiger partial charge is 0.280 e. The molecule has 7 nitrogen and oxygen atoms in total. The molecule has 3 heterocycles. The van der Waals surface area contributed by atoms with Gasteiger partial charge in [0.1, 0.15) is 17.0 Å². The average Bonchev–Trinajstić information content (AvgIpc) is 3.25. The summed E-state index contributed by atoms with van der Waals surface area (Å²) in [5.41, 5.74) is 1.88. The van der Waals surface area contributed by atoms with Crippen LogP contribution in [0.4, 0.5) is 9.52 Å². The Morgan fingerprint density at radius 3 is 2.71 bits per heavy atom. The lowest BCUT2D eigenvalue weighted by Gasteiger charge is -2.29. The Hall–Kier alpha value is -3.01. The Bertz CT molecular complexity index is 1240. The standard InChI is InChI=1S/C22H20FN5O2S/c23-15-4-3-7-19-20(15)26-22(31-19)28(9-8-27-10-12-30-13-11-27)21(29)18-14-24-16-5-1-2-6-17(16)25-18/h1-7,14H,8-13H2. The van der Waals surface area contributed by atoms with Crippen LogP contribution in [0, 0.1) is 5.82 Å². The Morgan fingerprint density at radius 2 is 1.90 bits per heavy atom. The highest BCUT2D eigenvalue weighted by Gasteiger charge is 2.25. The fourth-order valence-electron chi connectivity index (χ4n) is 3.57. The molecular weight excluding hydrogens is 417 g/mol. The summed E-state index contributed by atoms with van der Waals surface area (Å²) >= 11 is 1.30. The molecule has 1 fully saturated rings. The highest BCUT2D eigenvalue weighted by atomic mass is 32.1. The van der Waals surface area contributed by atoms with Crippen LogP contribution >= 0.6 is 11.3 Å². The van der Waals surface area contributed by atoms with Crippen LogP contribution in [0.2, 0.25) is 0 Å². The largest absolute Gasteiger partial charge is 0.379 e. The maximum absolute atomic E-state index is 14.2. The molecule has 158 valence electrons. The molecule has 0 unspecified atom stereocenters. The van der Waals surface area contributed by atoms with Gasteiger partial charge in [0, 0.05) is 26.2 Å². The first kappa shape index (κ1) is 19.9. The van der Waals surface area contributed by atoms with Crippen molar-refractivity contribution in [2.24, 2.45) is 0 Å². The van der Waals surface area contributed by atoms with Gasteiger partial charge in [0.05, 0.1) is 35.1 Å². The van der Waals surface area contributed by atoms with E-state index in [4.69, 9.17) is 4.74 Å². The average molecular weight is 438 g/mol. The molecule has 9 heteroatoms. The molecule has 31 heavy (non-hydrogen) atoms. The molecule has 0 saturated carbocycles. The summed E-state index contributed by atoms with van der Waals surface area (Å²) in [6, 6.07) is 12.2. The van der Waals surface area contributed by atoms with Crippen molar-refractivity contribution in [3.05, 3.63) is 60.2 Å². The lowest BCUT2D eigenvalue weighted by molar-refractivity contribution is 0.0391. The van der Waals surface area contributed by atoms with E-state index < -0.39 is 5.82 Å². The predicted molar refractivity (Wildman–Crippen MR) is 118 cm³/mol. The lowest BCUT2D eigenvalue weighted by atomic mass is 10.3. The normalized spacial score (nSPS) is 14.9. The fourth-order valence-corrected chi connectivity index (χ4v) is 4.57. The van der Waals surface area contributed by atoms with E-state index >= 15 is 0 Å². The molecule has 1 aliphatic heterocycles. The maximum Gasteiger partial charge on any atom is 0.280 e. The first-order chi connectivity index (χ1) is 15.2. The van der Waals surface area contributed by atoms with Crippen molar-refractivity contribution in [2.45, 2.75) is 0 Å². The number of carbonyl (C=O) groups excluding carboxylic acids is 1. The van der Waals surface area contributed by atoms with Crippen molar-refractivity contribution in [3.63, 3.8) is 0 Å². The number of aromatic nitrogens is 3. The van der Waals surface area contributed by atoms with Crippen LogP contribution < -0.4 is 4.90 Å². The summed E-state index contributed by atoms with van der Waals surface area (Å²) in [6.45, 7) is 4.05. The Balaban J connectivity index is 1.49. The monoisotopic (exact) mass is 437 g/mol. The molecule has 1 saturated heterocycles. The van der Waals surface area contributed by atoms with Crippen LogP contribution in [0.1, 0.15) is 10.5 Å². The van der Waals surface area contributed by atoms with E-state index in [1.54, 1.807) is 17.0 Å². The first-order valence-corrected chi connectivity index (χ1v) is 10.9. The summed E-state index contributed by atoms with van der Waals surface area (Å²) < 4.78 is 20.3. The molecule has 0 spiro atoms. The zero-order chi connectivity index (χ0) is 21.2. The fraction of sp³-hybridized carbons (Fsp3) is 0.273. The van der Waals surface area contributed by atoms with Gasteiger partial charge < -0.3 is 4.74 Å². The number of halogens is 1. The van der Waals surface area contributed by atoms with Crippen LogP contribution in [0.3, 0.4) is 0 Å². The summed E-state index contributed by atoms with van der Waals surface area (Å²) in [5, 5.41) is 0.452. The van der Waals surface area contributed by atoms with Gasteiger partial charge in [-0.15, -0.1) is 0 Å². The third-order valence-electron chi connectivity index (χ3n) is 5.25. The van der Waals surface area contributed by atoms with Crippen molar-refractivity contribution in [3.8, 4) is 0 Å². The van der Waals surface area contributed by atoms with Crippen molar-refractivity contribution < 1.29 is 13.9 Å². The second-order valence-corrected chi connectivity index (χ2v) is 8.25. The molecule has 5 rings (SSSR count). The van der Waals surface area contributed by atoms with E-state index in [0.717, 1.165) is 18.6 Å². The minimum Gasteiger partial charge on any atom is -0.379 e. The van der Waals surface area contributed by atoms with Crippen LogP contribution in [-0.4, -0.2) is 65.2 Å². The van der Waals surface area contributed by atoms with Crippen molar-refractivity contribution in [1.82, 2.24) is 19.9 Å². The molecular formula is C22H20FN5O2S. The molecule has 2 aromatic carbocycles. The molecule has 4 aromatic rings. The van der Waals surface area contributed by atoms with Gasteiger partial charge >= 0.3 is 0 Å². The molecule has 0 atom stereocenters. The summed E-state index contributed by atoms with van der Waals surface area (Å²) in [4.78, 5) is 30.6. The molecule has 2 aromatic heterocycles. The third kappa shape index (κ3) is 4.12. The van der Waals surface area contributed by atoms with Gasteiger partial charge in [0.25, 0.3) is 5.91 Å². The second kappa shape index (κ2) is 8.62. The SMILES string of the molecule is O=C(c1cnc2ccccc2n1)N(CCN1CCOCC1)c1nc2c(F)cccc2s1. The number of anilines is 1. The topological polar surface area (TPSA) is 71.5 Å². The molecule has 1 amide bonds. The first-order valence-electron chi connectivity index (χ1n) is 10.1. The molecule has 0 radical (unpaired) electrons. The molecule has 0 N–H and O–H groups in total. The maximum atomic E-state index is 14.2. The molecule has 1 aliphatic rings. The number of amides is 1. The van der Waals surface area contributed by atoms with Crippen LogP contribution in [0.15, 0.2) is 48.7 Å². The Labute approximate surface area is 182 Å². The van der Waals surface area contributed by atoms with E-state index in [2.05, 4.69) is 19.9 Å². The third-order valence-corrected chi connectivity index (χ3v) is 6.29. The number of hydrogen-bond acceptors (Lipinski definition) is 7. The van der Waals surface area contributed by atoms with Crippen LogP contribution in [0.25, 0.3) is 21.3 Å². The van der Waals surface area contributed by atoms with Crippen molar-refractivity contribution in [2.75, 3.05) is 44.3 Å².